The van der Waals surface area contributed by atoms with Gasteiger partial charge < -0.3 is 0 Å². The van der Waals surface area contributed by atoms with E-state index in [-0.39, 0.29) is 24.5 Å². The Hall–Kier alpha value is -1.46. The number of benzene rings is 1. The molecule has 6 heteroatoms. The fourth-order valence-electron chi connectivity index (χ4n) is 2.69. The molecule has 0 radical (unpaired) electrons. The van der Waals surface area contributed by atoms with Crippen LogP contribution in [0, 0.1) is 5.92 Å². The van der Waals surface area contributed by atoms with Crippen LogP contribution in [0.4, 0.5) is 0 Å². The average molecular weight is 410 g/mol. The van der Waals surface area contributed by atoms with Gasteiger partial charge in [-0.15, -0.1) is 0 Å². The van der Waals surface area contributed by atoms with E-state index in [0.717, 1.165) is 5.56 Å². The summed E-state index contributed by atoms with van der Waals surface area (Å²) in [5, 5.41) is 10.4. The number of hydrogen-bond donors (Lipinski definition) is 1. The zero-order chi connectivity index (χ0) is 18.4. The Balaban J connectivity index is 2.18. The Bertz CT molecular complexity index is 617. The number of carbonyl (C=O) groups is 1. The first-order valence-electron chi connectivity index (χ1n) is 8.42. The molecular formula is C19H25NO4Se. The Morgan fingerprint density at radius 1 is 1.44 bits per heavy atom. The van der Waals surface area contributed by atoms with E-state index in [0.29, 0.717) is 11.3 Å². The normalized spacial score (nSPS) is 20.1. The van der Waals surface area contributed by atoms with Crippen molar-refractivity contribution in [2.75, 3.05) is 6.61 Å². The van der Waals surface area contributed by atoms with Crippen LogP contribution in [0.1, 0.15) is 26.3 Å². The molecule has 1 aliphatic rings. The van der Waals surface area contributed by atoms with Gasteiger partial charge >= 0.3 is 157 Å². The molecule has 2 rings (SSSR count). The summed E-state index contributed by atoms with van der Waals surface area (Å²) >= 11 is 2.80. The summed E-state index contributed by atoms with van der Waals surface area (Å²) < 4.78 is 11.8. The van der Waals surface area contributed by atoms with Gasteiger partial charge in [-0.25, -0.2) is 0 Å². The van der Waals surface area contributed by atoms with Gasteiger partial charge in [-0.05, 0) is 0 Å². The number of rotatable bonds is 7. The maximum atomic E-state index is 13.1. The second kappa shape index (κ2) is 9.30. The van der Waals surface area contributed by atoms with E-state index in [1.165, 1.54) is 0 Å². The molecule has 25 heavy (non-hydrogen) atoms. The van der Waals surface area contributed by atoms with Crippen molar-refractivity contribution < 1.29 is 19.4 Å². The van der Waals surface area contributed by atoms with Crippen LogP contribution in [-0.2, 0) is 20.9 Å². The number of aliphatic hydroxyl groups excluding tert-OH is 1. The van der Waals surface area contributed by atoms with E-state index in [9.17, 15) is 9.90 Å². The molecule has 2 unspecified atom stereocenters. The first kappa shape index (κ1) is 19.9. The van der Waals surface area contributed by atoms with Gasteiger partial charge in [0, 0.05) is 0 Å². The van der Waals surface area contributed by atoms with Crippen LogP contribution in [0.2, 0.25) is 0 Å². The third kappa shape index (κ3) is 5.02. The topological polar surface area (TPSA) is 59.0 Å². The van der Waals surface area contributed by atoms with Crippen LogP contribution in [-0.4, -0.2) is 61.1 Å². The van der Waals surface area contributed by atoms with E-state index in [1.54, 1.807) is 24.0 Å². The second-order valence-electron chi connectivity index (χ2n) is 6.33. The molecule has 1 heterocycles. The predicted octanol–water partition coefficient (Wildman–Crippen LogP) is 1.65. The molecule has 1 fully saturated rings. The number of aliphatic hydroxyl groups is 1. The molecule has 0 saturated carbocycles. The monoisotopic (exact) mass is 411 g/mol. The molecule has 3 atom stereocenters. The molecule has 0 spiro atoms. The zero-order valence-electron chi connectivity index (χ0n) is 14.8. The van der Waals surface area contributed by atoms with Gasteiger partial charge in [-0.2, -0.15) is 0 Å². The number of amides is 1. The summed E-state index contributed by atoms with van der Waals surface area (Å²) in [6.07, 6.45) is 1.25. The summed E-state index contributed by atoms with van der Waals surface area (Å²) in [5.74, 6) is -0.0742. The van der Waals surface area contributed by atoms with E-state index in [4.69, 9.17) is 9.47 Å². The van der Waals surface area contributed by atoms with Crippen molar-refractivity contribution in [3.05, 3.63) is 48.0 Å². The molecule has 0 aliphatic carbocycles. The van der Waals surface area contributed by atoms with Crippen LogP contribution in [0.5, 0.6) is 0 Å². The van der Waals surface area contributed by atoms with E-state index in [2.05, 4.69) is 15.6 Å². The van der Waals surface area contributed by atoms with Crippen molar-refractivity contribution in [1.29, 1.82) is 0 Å². The Kier molecular flexibility index (Phi) is 7.38. The molecule has 5 nitrogen and oxygen atoms in total. The van der Waals surface area contributed by atoms with Crippen molar-refractivity contribution in [3.8, 4) is 0 Å². The first-order valence-corrected chi connectivity index (χ1v) is 9.27. The van der Waals surface area contributed by atoms with Gasteiger partial charge in [0.1, 0.15) is 0 Å². The quantitative estimate of drug-likeness (QED) is 0.549. The number of nitrogens with zero attached hydrogens (tertiary/aromatic N) is 1. The third-order valence-electron chi connectivity index (χ3n) is 4.13. The second-order valence-corrected chi connectivity index (χ2v) is 7.06. The van der Waals surface area contributed by atoms with Crippen LogP contribution in [0.15, 0.2) is 42.5 Å². The molecule has 1 N–H and O–H groups in total. The van der Waals surface area contributed by atoms with Crippen LogP contribution in [0.3, 0.4) is 0 Å². The summed E-state index contributed by atoms with van der Waals surface area (Å²) in [6, 6.07) is 9.50. The minimum atomic E-state index is -1.03. The molecule has 136 valence electrons. The van der Waals surface area contributed by atoms with Crippen molar-refractivity contribution in [3.63, 3.8) is 0 Å². The molecular weight excluding hydrogens is 385 g/mol. The van der Waals surface area contributed by atoms with Gasteiger partial charge in [0.25, 0.3) is 0 Å². The van der Waals surface area contributed by atoms with E-state index >= 15 is 0 Å². The summed E-state index contributed by atoms with van der Waals surface area (Å²) in [5.41, 5.74) is 0.943. The Morgan fingerprint density at radius 2 is 2.12 bits per heavy atom. The van der Waals surface area contributed by atoms with Gasteiger partial charge in [0.2, 0.25) is 0 Å². The van der Waals surface area contributed by atoms with Crippen molar-refractivity contribution in [1.82, 2.24) is 4.90 Å². The molecule has 0 aromatic heterocycles. The molecule has 1 aromatic carbocycles. The molecule has 1 aliphatic heterocycles. The van der Waals surface area contributed by atoms with E-state index in [1.807, 2.05) is 44.2 Å². The molecule has 0 bridgehead atoms. The number of hydrogen-bond acceptors (Lipinski definition) is 4. The molecule has 1 aromatic rings. The SMILES string of the molecule is CC=CC(O)C(OCc1ccccc1)C(=O)N1C(=[Se])OC[C@@H]1C(C)C. The van der Waals surface area contributed by atoms with Gasteiger partial charge in [0.15, 0.2) is 0 Å². The van der Waals surface area contributed by atoms with Gasteiger partial charge in [-0.3, -0.25) is 0 Å². The van der Waals surface area contributed by atoms with E-state index < -0.39 is 12.2 Å². The Morgan fingerprint density at radius 3 is 2.72 bits per heavy atom. The van der Waals surface area contributed by atoms with Crippen molar-refractivity contribution in [2.24, 2.45) is 5.92 Å². The maximum absolute atomic E-state index is 13.1. The summed E-state index contributed by atoms with van der Waals surface area (Å²) in [7, 11) is 0. The zero-order valence-corrected chi connectivity index (χ0v) is 16.5. The number of ether oxygens (including phenoxy) is 2. The molecule has 1 amide bonds. The minimum absolute atomic E-state index is 0.0793. The van der Waals surface area contributed by atoms with Crippen LogP contribution >= 0.6 is 0 Å². The van der Waals surface area contributed by atoms with Gasteiger partial charge in [-0.1, -0.05) is 0 Å². The standard InChI is InChI=1S/C19H25NO4Se/c1-4-8-16(21)17(23-11-14-9-6-5-7-10-14)18(22)20-15(13(2)3)12-24-19(20)25/h4-10,13,15-17,21H,11-12H2,1-3H3/t15-,16?,17?/m1/s1. The number of carbonyl (C=O) groups excluding carboxylic acids is 1. The first-order chi connectivity index (χ1) is 12.0. The van der Waals surface area contributed by atoms with Crippen LogP contribution < -0.4 is 0 Å². The Labute approximate surface area is 157 Å². The van der Waals surface area contributed by atoms with Crippen molar-refractivity contribution >= 4 is 26.2 Å². The predicted molar refractivity (Wildman–Crippen MR) is 98.0 cm³/mol. The van der Waals surface area contributed by atoms with Crippen molar-refractivity contribution in [2.45, 2.75) is 45.6 Å². The van der Waals surface area contributed by atoms with Crippen LogP contribution in [0.25, 0.3) is 0 Å². The third-order valence-corrected chi connectivity index (χ3v) is 4.79. The number of allylic oxidation sites excluding steroid dienone is 1. The molecule has 1 saturated heterocycles. The fraction of sp³-hybridized carbons (Fsp3) is 0.474. The fourth-order valence-corrected chi connectivity index (χ4v) is 3.31. The summed E-state index contributed by atoms with van der Waals surface area (Å²) in [6.45, 7) is 6.56. The summed E-state index contributed by atoms with van der Waals surface area (Å²) in [4.78, 5) is 14.7. The van der Waals surface area contributed by atoms with Gasteiger partial charge in [0.05, 0.1) is 0 Å². The average Bonchev–Trinajstić information content (AvgIpc) is 2.98.